The number of fused-ring (bicyclic) bond motifs is 1. The molecule has 2 aromatic rings. The van der Waals surface area contributed by atoms with Gasteiger partial charge < -0.3 is 13.9 Å². The van der Waals surface area contributed by atoms with Gasteiger partial charge in [-0.15, -0.1) is 0 Å². The smallest absolute Gasteiger partial charge is 0.338 e. The number of furan rings is 1. The van der Waals surface area contributed by atoms with Crippen LogP contribution in [0.4, 0.5) is 0 Å². The third kappa shape index (κ3) is 4.45. The van der Waals surface area contributed by atoms with E-state index in [-0.39, 0.29) is 29.9 Å². The van der Waals surface area contributed by atoms with Crippen LogP contribution in [0.5, 0.6) is 0 Å². The molecule has 4 atom stereocenters. The lowest BCUT2D eigenvalue weighted by molar-refractivity contribution is -0.168. The standard InChI is InChI=1S/C29H36O5/c1-20-11-14-25-28(2,16-8-17-29(25,3)27(31)32-4)23(20)13-12-21-15-18-33-24(21)19-34-26(30)22-9-6-5-7-10-22/h5-7,9-10,15,18,23,25H,1,8,11-14,16-17,19H2,2-4H3/t23-,25+,28+,29+/m0/s1. The molecule has 2 aliphatic rings. The molecule has 0 radical (unpaired) electrons. The van der Waals surface area contributed by atoms with Crippen molar-refractivity contribution in [1.29, 1.82) is 0 Å². The lowest BCUT2D eigenvalue weighted by Crippen LogP contribution is -2.53. The maximum Gasteiger partial charge on any atom is 0.338 e. The van der Waals surface area contributed by atoms with E-state index in [9.17, 15) is 9.59 Å². The number of hydrogen-bond acceptors (Lipinski definition) is 5. The summed E-state index contributed by atoms with van der Waals surface area (Å²) in [4.78, 5) is 25.1. The predicted molar refractivity (Wildman–Crippen MR) is 130 cm³/mol. The van der Waals surface area contributed by atoms with Crippen LogP contribution in [0.3, 0.4) is 0 Å². The minimum atomic E-state index is -0.437. The Hall–Kier alpha value is -2.82. The summed E-state index contributed by atoms with van der Waals surface area (Å²) in [6.07, 6.45) is 8.36. The second kappa shape index (κ2) is 9.81. The number of rotatable bonds is 7. The van der Waals surface area contributed by atoms with Gasteiger partial charge in [-0.2, -0.15) is 0 Å². The topological polar surface area (TPSA) is 65.7 Å². The molecule has 1 aromatic heterocycles. The van der Waals surface area contributed by atoms with E-state index in [1.807, 2.05) is 24.3 Å². The molecule has 34 heavy (non-hydrogen) atoms. The first-order chi connectivity index (χ1) is 16.3. The van der Waals surface area contributed by atoms with Crippen LogP contribution in [0.25, 0.3) is 0 Å². The van der Waals surface area contributed by atoms with E-state index in [1.165, 1.54) is 12.7 Å². The number of hydrogen-bond donors (Lipinski definition) is 0. The molecule has 182 valence electrons. The Kier molecular flexibility index (Phi) is 7.01. The van der Waals surface area contributed by atoms with Gasteiger partial charge in [0.05, 0.1) is 24.4 Å². The van der Waals surface area contributed by atoms with Crippen LogP contribution in [0.15, 0.2) is 59.2 Å². The van der Waals surface area contributed by atoms with E-state index >= 15 is 0 Å². The first kappa shape index (κ1) is 24.3. The van der Waals surface area contributed by atoms with Gasteiger partial charge in [0.2, 0.25) is 0 Å². The van der Waals surface area contributed by atoms with E-state index in [0.29, 0.717) is 17.2 Å². The predicted octanol–water partition coefficient (Wildman–Crippen LogP) is 6.52. The highest BCUT2D eigenvalue weighted by Crippen LogP contribution is 2.62. The van der Waals surface area contributed by atoms with E-state index < -0.39 is 5.41 Å². The van der Waals surface area contributed by atoms with Crippen molar-refractivity contribution >= 4 is 11.9 Å². The van der Waals surface area contributed by atoms with Crippen LogP contribution < -0.4 is 0 Å². The van der Waals surface area contributed by atoms with Crippen LogP contribution in [0.2, 0.25) is 0 Å². The summed E-state index contributed by atoms with van der Waals surface area (Å²) in [5.74, 6) is 0.864. The Labute approximate surface area is 202 Å². The summed E-state index contributed by atoms with van der Waals surface area (Å²) in [5.41, 5.74) is 2.45. The normalized spacial score (nSPS) is 28.7. The molecule has 5 nitrogen and oxygen atoms in total. The van der Waals surface area contributed by atoms with Gasteiger partial charge in [-0.05, 0) is 86.5 Å². The number of allylic oxidation sites excluding steroid dienone is 1. The summed E-state index contributed by atoms with van der Waals surface area (Å²) in [5, 5.41) is 0. The van der Waals surface area contributed by atoms with Crippen LogP contribution in [0.1, 0.15) is 74.1 Å². The first-order valence-electron chi connectivity index (χ1n) is 12.3. The summed E-state index contributed by atoms with van der Waals surface area (Å²) in [6.45, 7) is 9.01. The van der Waals surface area contributed by atoms with Gasteiger partial charge in [-0.3, -0.25) is 4.79 Å². The second-order valence-electron chi connectivity index (χ2n) is 10.4. The Balaban J connectivity index is 1.45. The van der Waals surface area contributed by atoms with E-state index in [4.69, 9.17) is 13.9 Å². The molecule has 0 unspecified atom stereocenters. The van der Waals surface area contributed by atoms with Gasteiger partial charge >= 0.3 is 11.9 Å². The highest BCUT2D eigenvalue weighted by atomic mass is 16.5. The third-order valence-corrected chi connectivity index (χ3v) is 8.56. The Bertz CT molecular complexity index is 1040. The van der Waals surface area contributed by atoms with Crippen LogP contribution in [-0.4, -0.2) is 19.0 Å². The summed E-state index contributed by atoms with van der Waals surface area (Å²) in [6, 6.07) is 10.9. The number of benzene rings is 1. The number of carbonyl (C=O) groups is 2. The van der Waals surface area contributed by atoms with E-state index in [2.05, 4.69) is 20.4 Å². The van der Waals surface area contributed by atoms with Gasteiger partial charge in [0.25, 0.3) is 0 Å². The van der Waals surface area contributed by atoms with Crippen LogP contribution >= 0.6 is 0 Å². The fourth-order valence-corrected chi connectivity index (χ4v) is 6.76. The molecule has 0 aliphatic heterocycles. The van der Waals surface area contributed by atoms with Crippen LogP contribution in [0, 0.1) is 22.7 Å². The SMILES string of the molecule is C=C1CC[C@@H]2[C@](C)(CCC[C@@]2(C)C(=O)OC)[C@H]1CCc1ccoc1COC(=O)c1ccccc1. The molecule has 2 fully saturated rings. The Morgan fingerprint density at radius 1 is 1.15 bits per heavy atom. The quantitative estimate of drug-likeness (QED) is 0.345. The number of esters is 2. The number of ether oxygens (including phenoxy) is 2. The fourth-order valence-electron chi connectivity index (χ4n) is 6.76. The van der Waals surface area contributed by atoms with Crippen molar-refractivity contribution < 1.29 is 23.5 Å². The van der Waals surface area contributed by atoms with Crippen molar-refractivity contribution in [3.8, 4) is 0 Å². The monoisotopic (exact) mass is 464 g/mol. The van der Waals surface area contributed by atoms with Gasteiger partial charge in [0.15, 0.2) is 0 Å². The molecule has 2 aliphatic carbocycles. The van der Waals surface area contributed by atoms with Gasteiger partial charge in [0.1, 0.15) is 12.4 Å². The average Bonchev–Trinajstić information content (AvgIpc) is 3.29. The van der Waals surface area contributed by atoms with E-state index in [0.717, 1.165) is 50.5 Å². The fraction of sp³-hybridized carbons (Fsp3) is 0.517. The zero-order chi connectivity index (χ0) is 24.3. The molecule has 0 amide bonds. The molecule has 0 N–H and O–H groups in total. The minimum absolute atomic E-state index is 0.0141. The van der Waals surface area contributed by atoms with Crippen molar-refractivity contribution in [2.75, 3.05) is 7.11 Å². The highest BCUT2D eigenvalue weighted by Gasteiger charge is 2.57. The van der Waals surface area contributed by atoms with Crippen molar-refractivity contribution in [3.63, 3.8) is 0 Å². The molecule has 1 heterocycles. The van der Waals surface area contributed by atoms with Gasteiger partial charge in [-0.25, -0.2) is 4.79 Å². The molecule has 0 spiro atoms. The molecule has 4 rings (SSSR count). The molecule has 2 saturated carbocycles. The minimum Gasteiger partial charge on any atom is -0.469 e. The summed E-state index contributed by atoms with van der Waals surface area (Å²) in [7, 11) is 1.50. The molecule has 0 bridgehead atoms. The third-order valence-electron chi connectivity index (χ3n) is 8.56. The lowest BCUT2D eigenvalue weighted by Gasteiger charge is -2.57. The van der Waals surface area contributed by atoms with Crippen molar-refractivity contribution in [2.45, 2.75) is 65.4 Å². The maximum absolute atomic E-state index is 12.8. The van der Waals surface area contributed by atoms with Crippen LogP contribution in [-0.2, 0) is 27.3 Å². The zero-order valence-electron chi connectivity index (χ0n) is 20.6. The lowest BCUT2D eigenvalue weighted by atomic mass is 9.46. The largest absolute Gasteiger partial charge is 0.469 e. The van der Waals surface area contributed by atoms with Gasteiger partial charge in [0, 0.05) is 0 Å². The molecular formula is C29H36O5. The zero-order valence-corrected chi connectivity index (χ0v) is 20.6. The van der Waals surface area contributed by atoms with Crippen molar-refractivity contribution in [3.05, 3.63) is 71.7 Å². The van der Waals surface area contributed by atoms with Gasteiger partial charge in [-0.1, -0.05) is 43.7 Å². The first-order valence-corrected chi connectivity index (χ1v) is 12.3. The maximum atomic E-state index is 12.8. The van der Waals surface area contributed by atoms with Crippen molar-refractivity contribution in [1.82, 2.24) is 0 Å². The Morgan fingerprint density at radius 3 is 2.65 bits per heavy atom. The molecule has 0 saturated heterocycles. The second-order valence-corrected chi connectivity index (χ2v) is 10.4. The molecular weight excluding hydrogens is 428 g/mol. The Morgan fingerprint density at radius 2 is 1.91 bits per heavy atom. The highest BCUT2D eigenvalue weighted by molar-refractivity contribution is 5.89. The van der Waals surface area contributed by atoms with Crippen molar-refractivity contribution in [2.24, 2.45) is 22.7 Å². The molecule has 1 aromatic carbocycles. The number of aryl methyl sites for hydroxylation is 1. The average molecular weight is 465 g/mol. The van der Waals surface area contributed by atoms with E-state index in [1.54, 1.807) is 18.4 Å². The summed E-state index contributed by atoms with van der Waals surface area (Å²) >= 11 is 0. The molecule has 5 heteroatoms. The number of methoxy groups -OCH3 is 1. The summed E-state index contributed by atoms with van der Waals surface area (Å²) < 4.78 is 16.4. The number of carbonyl (C=O) groups excluding carboxylic acids is 2.